The second kappa shape index (κ2) is 7.65. The molecule has 138 valence electrons. The zero-order valence-corrected chi connectivity index (χ0v) is 15.2. The number of carbonyl (C=O) groups excluding carboxylic acids is 2. The van der Waals surface area contributed by atoms with Crippen molar-refractivity contribution in [2.75, 3.05) is 26.3 Å². The molecule has 0 bridgehead atoms. The van der Waals surface area contributed by atoms with E-state index in [1.165, 1.54) is 0 Å². The maximum absolute atomic E-state index is 12.6. The summed E-state index contributed by atoms with van der Waals surface area (Å²) in [7, 11) is 0. The van der Waals surface area contributed by atoms with Crippen LogP contribution in [0.2, 0.25) is 0 Å². The first-order valence-electron chi connectivity index (χ1n) is 8.64. The van der Waals surface area contributed by atoms with Crippen LogP contribution < -0.4 is 5.32 Å². The average Bonchev–Trinajstić information content (AvgIpc) is 3.03. The molecule has 1 saturated heterocycles. The van der Waals surface area contributed by atoms with Crippen molar-refractivity contribution in [3.8, 4) is 5.69 Å². The Morgan fingerprint density at radius 2 is 1.96 bits per heavy atom. The van der Waals surface area contributed by atoms with E-state index in [2.05, 4.69) is 15.6 Å². The molecule has 0 radical (unpaired) electrons. The molecule has 2 aromatic rings. The van der Waals surface area contributed by atoms with Gasteiger partial charge in [-0.2, -0.15) is 0 Å². The molecule has 1 aliphatic rings. The van der Waals surface area contributed by atoms with Crippen molar-refractivity contribution < 1.29 is 14.3 Å². The first-order valence-corrected chi connectivity index (χ1v) is 8.64. The molecule has 3 rings (SSSR count). The Hall–Kier alpha value is -2.74. The number of carbonyl (C=O) groups is 2. The van der Waals surface area contributed by atoms with Crippen molar-refractivity contribution in [2.24, 2.45) is 0 Å². The van der Waals surface area contributed by atoms with Crippen LogP contribution in [-0.4, -0.2) is 64.1 Å². The van der Waals surface area contributed by atoms with E-state index in [0.29, 0.717) is 32.0 Å². The van der Waals surface area contributed by atoms with Crippen molar-refractivity contribution in [1.82, 2.24) is 25.2 Å². The monoisotopic (exact) mass is 357 g/mol. The fourth-order valence-electron chi connectivity index (χ4n) is 2.93. The third-order valence-electron chi connectivity index (χ3n) is 4.40. The number of aryl methyl sites for hydroxylation is 1. The number of morpholine rings is 1. The summed E-state index contributed by atoms with van der Waals surface area (Å²) >= 11 is 0. The summed E-state index contributed by atoms with van der Waals surface area (Å²) < 4.78 is 6.87. The van der Waals surface area contributed by atoms with Crippen LogP contribution in [-0.2, 0) is 9.53 Å². The number of hydrogen-bond donors (Lipinski definition) is 1. The lowest BCUT2D eigenvalue weighted by atomic mass is 10.2. The summed E-state index contributed by atoms with van der Waals surface area (Å²) in [6.45, 7) is 7.58. The van der Waals surface area contributed by atoms with Crippen LogP contribution >= 0.6 is 0 Å². The van der Waals surface area contributed by atoms with Gasteiger partial charge in [-0.1, -0.05) is 17.3 Å². The van der Waals surface area contributed by atoms with E-state index in [4.69, 9.17) is 4.74 Å². The lowest BCUT2D eigenvalue weighted by molar-refractivity contribution is -0.136. The SMILES string of the molecule is Cc1cccc(-n2nnc(C(=O)NC(C)C(=O)N3CCOCC3)c2C)c1. The molecule has 1 aromatic heterocycles. The molecule has 0 aliphatic carbocycles. The van der Waals surface area contributed by atoms with Crippen LogP contribution in [0.5, 0.6) is 0 Å². The smallest absolute Gasteiger partial charge is 0.274 e. The topological polar surface area (TPSA) is 89.3 Å². The van der Waals surface area contributed by atoms with Gasteiger partial charge < -0.3 is 15.0 Å². The first kappa shape index (κ1) is 18.1. The third kappa shape index (κ3) is 3.75. The zero-order chi connectivity index (χ0) is 18.7. The predicted octanol–water partition coefficient (Wildman–Crippen LogP) is 0.861. The fourth-order valence-corrected chi connectivity index (χ4v) is 2.93. The maximum Gasteiger partial charge on any atom is 0.274 e. The van der Waals surface area contributed by atoms with Crippen LogP contribution in [0, 0.1) is 13.8 Å². The van der Waals surface area contributed by atoms with Crippen molar-refractivity contribution in [3.05, 3.63) is 41.2 Å². The Balaban J connectivity index is 1.71. The maximum atomic E-state index is 12.6. The molecule has 1 aromatic carbocycles. The number of aromatic nitrogens is 3. The molecule has 2 amide bonds. The molecular weight excluding hydrogens is 334 g/mol. The standard InChI is InChI=1S/C18H23N5O3/c1-12-5-4-6-15(11-12)23-14(3)16(20-21-23)17(24)19-13(2)18(25)22-7-9-26-10-8-22/h4-6,11,13H,7-10H2,1-3H3,(H,19,24). The number of ether oxygens (including phenoxy) is 1. The number of nitrogens with one attached hydrogen (secondary N) is 1. The Labute approximate surface area is 152 Å². The summed E-state index contributed by atoms with van der Waals surface area (Å²) in [6, 6.07) is 7.15. The van der Waals surface area contributed by atoms with E-state index in [0.717, 1.165) is 11.3 Å². The molecule has 1 unspecified atom stereocenters. The van der Waals surface area contributed by atoms with Crippen LogP contribution in [0.1, 0.15) is 28.7 Å². The van der Waals surface area contributed by atoms with Gasteiger partial charge in [0.25, 0.3) is 5.91 Å². The van der Waals surface area contributed by atoms with Crippen molar-refractivity contribution in [3.63, 3.8) is 0 Å². The van der Waals surface area contributed by atoms with Crippen LogP contribution in [0.25, 0.3) is 5.69 Å². The highest BCUT2D eigenvalue weighted by Gasteiger charge is 2.26. The minimum atomic E-state index is -0.635. The van der Waals surface area contributed by atoms with Gasteiger partial charge in [0.05, 0.1) is 24.6 Å². The van der Waals surface area contributed by atoms with Gasteiger partial charge in [0.1, 0.15) is 6.04 Å². The van der Waals surface area contributed by atoms with E-state index >= 15 is 0 Å². The highest BCUT2D eigenvalue weighted by atomic mass is 16.5. The molecule has 1 aliphatic heterocycles. The van der Waals surface area contributed by atoms with Crippen LogP contribution in [0.3, 0.4) is 0 Å². The van der Waals surface area contributed by atoms with Gasteiger partial charge in [0.2, 0.25) is 5.91 Å². The summed E-state index contributed by atoms with van der Waals surface area (Å²) in [4.78, 5) is 26.7. The summed E-state index contributed by atoms with van der Waals surface area (Å²) in [5.41, 5.74) is 2.77. The molecular formula is C18H23N5O3. The largest absolute Gasteiger partial charge is 0.378 e. The molecule has 8 heteroatoms. The van der Waals surface area contributed by atoms with Crippen LogP contribution in [0.4, 0.5) is 0 Å². The lowest BCUT2D eigenvalue weighted by Gasteiger charge is -2.29. The van der Waals surface area contributed by atoms with E-state index in [9.17, 15) is 9.59 Å². The summed E-state index contributed by atoms with van der Waals surface area (Å²) in [6.07, 6.45) is 0. The number of rotatable bonds is 4. The van der Waals surface area contributed by atoms with E-state index < -0.39 is 11.9 Å². The molecule has 1 N–H and O–H groups in total. The molecule has 8 nitrogen and oxygen atoms in total. The Morgan fingerprint density at radius 1 is 1.23 bits per heavy atom. The van der Waals surface area contributed by atoms with Gasteiger partial charge in [-0.05, 0) is 38.5 Å². The van der Waals surface area contributed by atoms with E-state index in [-0.39, 0.29) is 11.6 Å². The number of amides is 2. The molecule has 1 fully saturated rings. The normalized spacial score (nSPS) is 15.6. The molecule has 26 heavy (non-hydrogen) atoms. The predicted molar refractivity (Wildman–Crippen MR) is 95.2 cm³/mol. The second-order valence-corrected chi connectivity index (χ2v) is 6.41. The van der Waals surface area contributed by atoms with Crippen LogP contribution in [0.15, 0.2) is 24.3 Å². The van der Waals surface area contributed by atoms with Crippen molar-refractivity contribution in [2.45, 2.75) is 26.8 Å². The highest BCUT2D eigenvalue weighted by molar-refractivity contribution is 5.96. The van der Waals surface area contributed by atoms with Gasteiger partial charge in [-0.15, -0.1) is 5.10 Å². The minimum Gasteiger partial charge on any atom is -0.378 e. The average molecular weight is 357 g/mol. The Kier molecular flexibility index (Phi) is 5.32. The first-order chi connectivity index (χ1) is 12.5. The Bertz CT molecular complexity index is 811. The molecule has 0 saturated carbocycles. The number of hydrogen-bond acceptors (Lipinski definition) is 5. The van der Waals surface area contributed by atoms with E-state index in [1.54, 1.807) is 23.4 Å². The molecule has 1 atom stereocenters. The van der Waals surface area contributed by atoms with Gasteiger partial charge in [-0.25, -0.2) is 4.68 Å². The quantitative estimate of drug-likeness (QED) is 0.877. The van der Waals surface area contributed by atoms with Crippen molar-refractivity contribution >= 4 is 11.8 Å². The molecule has 0 spiro atoms. The van der Waals surface area contributed by atoms with E-state index in [1.807, 2.05) is 31.2 Å². The lowest BCUT2D eigenvalue weighted by Crippen LogP contribution is -2.50. The summed E-state index contributed by atoms with van der Waals surface area (Å²) in [5, 5.41) is 10.8. The zero-order valence-electron chi connectivity index (χ0n) is 15.2. The second-order valence-electron chi connectivity index (χ2n) is 6.41. The minimum absolute atomic E-state index is 0.120. The van der Waals surface area contributed by atoms with Gasteiger partial charge in [0.15, 0.2) is 5.69 Å². The van der Waals surface area contributed by atoms with Crippen molar-refractivity contribution in [1.29, 1.82) is 0 Å². The molecule has 2 heterocycles. The van der Waals surface area contributed by atoms with Gasteiger partial charge >= 0.3 is 0 Å². The number of nitrogens with zero attached hydrogens (tertiary/aromatic N) is 4. The van der Waals surface area contributed by atoms with Gasteiger partial charge in [-0.3, -0.25) is 9.59 Å². The summed E-state index contributed by atoms with van der Waals surface area (Å²) in [5.74, 6) is -0.527. The highest BCUT2D eigenvalue weighted by Crippen LogP contribution is 2.14. The number of benzene rings is 1. The Morgan fingerprint density at radius 3 is 2.65 bits per heavy atom. The van der Waals surface area contributed by atoms with Gasteiger partial charge in [0, 0.05) is 13.1 Å². The fraction of sp³-hybridized carbons (Fsp3) is 0.444. The third-order valence-corrected chi connectivity index (χ3v) is 4.40.